The van der Waals surface area contributed by atoms with Crippen LogP contribution in [0.1, 0.15) is 18.9 Å². The van der Waals surface area contributed by atoms with Crippen molar-refractivity contribution in [1.82, 2.24) is 5.32 Å². The standard InChI is InChI=1S/C15H25NO3/c1-3-18-10-4-11-19-15-7-5-14(6-8-15)13-16-9-12-17-2/h5-8,16H,3-4,9-13H2,1-2H3. The van der Waals surface area contributed by atoms with Crippen LogP contribution < -0.4 is 10.1 Å². The first-order valence-corrected chi connectivity index (χ1v) is 6.86. The van der Waals surface area contributed by atoms with Crippen LogP contribution in [0.5, 0.6) is 5.75 Å². The molecule has 1 N–H and O–H groups in total. The summed E-state index contributed by atoms with van der Waals surface area (Å²) in [4.78, 5) is 0. The summed E-state index contributed by atoms with van der Waals surface area (Å²) < 4.78 is 15.9. The van der Waals surface area contributed by atoms with E-state index in [1.54, 1.807) is 7.11 Å². The van der Waals surface area contributed by atoms with Gasteiger partial charge in [-0.3, -0.25) is 0 Å². The van der Waals surface area contributed by atoms with Crippen LogP contribution in [0.2, 0.25) is 0 Å². The molecule has 0 fully saturated rings. The minimum absolute atomic E-state index is 0.700. The minimum atomic E-state index is 0.700. The first-order chi connectivity index (χ1) is 9.36. The van der Waals surface area contributed by atoms with Gasteiger partial charge in [0.1, 0.15) is 5.75 Å². The maximum Gasteiger partial charge on any atom is 0.119 e. The molecule has 1 aromatic rings. The molecule has 108 valence electrons. The number of hydrogen-bond donors (Lipinski definition) is 1. The Hall–Kier alpha value is -1.10. The van der Waals surface area contributed by atoms with Gasteiger partial charge in [-0.2, -0.15) is 0 Å². The second kappa shape index (κ2) is 10.8. The number of nitrogens with one attached hydrogen (secondary N) is 1. The van der Waals surface area contributed by atoms with Gasteiger partial charge in [0.05, 0.1) is 13.2 Å². The molecule has 0 amide bonds. The van der Waals surface area contributed by atoms with Crippen molar-refractivity contribution in [3.05, 3.63) is 29.8 Å². The zero-order valence-corrected chi connectivity index (χ0v) is 12.0. The average molecular weight is 267 g/mol. The van der Waals surface area contributed by atoms with E-state index in [0.29, 0.717) is 6.61 Å². The molecule has 0 saturated heterocycles. The minimum Gasteiger partial charge on any atom is -0.494 e. The van der Waals surface area contributed by atoms with E-state index in [4.69, 9.17) is 14.2 Å². The van der Waals surface area contributed by atoms with Gasteiger partial charge in [-0.1, -0.05) is 12.1 Å². The molecule has 0 aromatic heterocycles. The first kappa shape index (κ1) is 16.0. The fourth-order valence-corrected chi connectivity index (χ4v) is 1.61. The molecule has 0 heterocycles. The van der Waals surface area contributed by atoms with Crippen LogP contribution in [-0.2, 0) is 16.0 Å². The molecule has 4 nitrogen and oxygen atoms in total. The maximum atomic E-state index is 5.63. The van der Waals surface area contributed by atoms with E-state index < -0.39 is 0 Å². The van der Waals surface area contributed by atoms with Gasteiger partial charge in [-0.25, -0.2) is 0 Å². The normalized spacial score (nSPS) is 10.6. The largest absolute Gasteiger partial charge is 0.494 e. The highest BCUT2D eigenvalue weighted by Gasteiger charge is 1.96. The summed E-state index contributed by atoms with van der Waals surface area (Å²) in [5, 5.41) is 3.31. The lowest BCUT2D eigenvalue weighted by Gasteiger charge is -2.08. The molecule has 0 spiro atoms. The maximum absolute atomic E-state index is 5.63. The van der Waals surface area contributed by atoms with Crippen LogP contribution in [0.3, 0.4) is 0 Å². The third-order valence-electron chi connectivity index (χ3n) is 2.64. The Morgan fingerprint density at radius 1 is 1.05 bits per heavy atom. The van der Waals surface area contributed by atoms with Gasteiger partial charge >= 0.3 is 0 Å². The van der Waals surface area contributed by atoms with Crippen molar-refractivity contribution in [3.8, 4) is 5.75 Å². The van der Waals surface area contributed by atoms with E-state index >= 15 is 0 Å². The van der Waals surface area contributed by atoms with Gasteiger partial charge in [-0.05, 0) is 24.6 Å². The van der Waals surface area contributed by atoms with Gasteiger partial charge in [0.15, 0.2) is 0 Å². The summed E-state index contributed by atoms with van der Waals surface area (Å²) in [7, 11) is 1.71. The van der Waals surface area contributed by atoms with Crippen molar-refractivity contribution in [3.63, 3.8) is 0 Å². The summed E-state index contributed by atoms with van der Waals surface area (Å²) in [5.41, 5.74) is 1.25. The second-order valence-electron chi connectivity index (χ2n) is 4.21. The predicted octanol–water partition coefficient (Wildman–Crippen LogP) is 2.23. The third-order valence-corrected chi connectivity index (χ3v) is 2.64. The lowest BCUT2D eigenvalue weighted by Crippen LogP contribution is -2.18. The number of hydrogen-bond acceptors (Lipinski definition) is 4. The molecule has 1 aromatic carbocycles. The van der Waals surface area contributed by atoms with Crippen LogP contribution in [0.15, 0.2) is 24.3 Å². The van der Waals surface area contributed by atoms with Gasteiger partial charge in [0.25, 0.3) is 0 Å². The third kappa shape index (κ3) is 7.82. The van der Waals surface area contributed by atoms with E-state index in [9.17, 15) is 0 Å². The fourth-order valence-electron chi connectivity index (χ4n) is 1.61. The molecule has 1 rings (SSSR count). The fraction of sp³-hybridized carbons (Fsp3) is 0.600. The lowest BCUT2D eigenvalue weighted by molar-refractivity contribution is 0.131. The molecule has 0 unspecified atom stereocenters. The molecule has 0 aliphatic heterocycles. The summed E-state index contributed by atoms with van der Waals surface area (Å²) in [6, 6.07) is 8.18. The van der Waals surface area contributed by atoms with Crippen molar-refractivity contribution in [1.29, 1.82) is 0 Å². The van der Waals surface area contributed by atoms with Crippen LogP contribution in [0, 0.1) is 0 Å². The van der Waals surface area contributed by atoms with Crippen molar-refractivity contribution < 1.29 is 14.2 Å². The van der Waals surface area contributed by atoms with E-state index in [-0.39, 0.29) is 0 Å². The zero-order valence-electron chi connectivity index (χ0n) is 12.0. The van der Waals surface area contributed by atoms with Gasteiger partial charge in [0.2, 0.25) is 0 Å². The number of rotatable bonds is 11. The van der Waals surface area contributed by atoms with Gasteiger partial charge in [-0.15, -0.1) is 0 Å². The Balaban J connectivity index is 2.16. The molecular weight excluding hydrogens is 242 g/mol. The average Bonchev–Trinajstić information content (AvgIpc) is 2.45. The van der Waals surface area contributed by atoms with E-state index in [1.165, 1.54) is 5.56 Å². The van der Waals surface area contributed by atoms with Crippen molar-refractivity contribution in [2.75, 3.05) is 40.1 Å². The quantitative estimate of drug-likeness (QED) is 0.624. The van der Waals surface area contributed by atoms with Crippen molar-refractivity contribution >= 4 is 0 Å². The number of ether oxygens (including phenoxy) is 3. The summed E-state index contributed by atoms with van der Waals surface area (Å²) in [5.74, 6) is 0.914. The van der Waals surface area contributed by atoms with Crippen molar-refractivity contribution in [2.45, 2.75) is 19.9 Å². The lowest BCUT2D eigenvalue weighted by atomic mass is 10.2. The Kier molecular flexibility index (Phi) is 9.06. The van der Waals surface area contributed by atoms with Gasteiger partial charge in [0, 0.05) is 39.8 Å². The smallest absolute Gasteiger partial charge is 0.119 e. The van der Waals surface area contributed by atoms with E-state index in [1.807, 2.05) is 19.1 Å². The molecule has 0 radical (unpaired) electrons. The Morgan fingerprint density at radius 2 is 1.84 bits per heavy atom. The molecule has 0 atom stereocenters. The molecule has 19 heavy (non-hydrogen) atoms. The highest BCUT2D eigenvalue weighted by molar-refractivity contribution is 5.27. The Morgan fingerprint density at radius 3 is 2.53 bits per heavy atom. The summed E-state index contributed by atoms with van der Waals surface area (Å²) in [6.45, 7) is 6.69. The molecule has 4 heteroatoms. The van der Waals surface area contributed by atoms with Crippen LogP contribution in [0.25, 0.3) is 0 Å². The van der Waals surface area contributed by atoms with E-state index in [0.717, 1.165) is 45.1 Å². The van der Waals surface area contributed by atoms with Crippen molar-refractivity contribution in [2.24, 2.45) is 0 Å². The highest BCUT2D eigenvalue weighted by Crippen LogP contribution is 2.12. The van der Waals surface area contributed by atoms with Crippen LogP contribution in [0.4, 0.5) is 0 Å². The summed E-state index contributed by atoms with van der Waals surface area (Å²) in [6.07, 6.45) is 0.925. The molecular formula is C15H25NO3. The monoisotopic (exact) mass is 267 g/mol. The van der Waals surface area contributed by atoms with Crippen LogP contribution in [-0.4, -0.2) is 40.1 Å². The highest BCUT2D eigenvalue weighted by atomic mass is 16.5. The number of methoxy groups -OCH3 is 1. The van der Waals surface area contributed by atoms with Gasteiger partial charge < -0.3 is 19.5 Å². The predicted molar refractivity (Wildman–Crippen MR) is 76.6 cm³/mol. The molecule has 0 aliphatic carbocycles. The second-order valence-corrected chi connectivity index (χ2v) is 4.21. The number of benzene rings is 1. The zero-order chi connectivity index (χ0) is 13.8. The van der Waals surface area contributed by atoms with Crippen LogP contribution >= 0.6 is 0 Å². The Bertz CT molecular complexity index is 314. The Labute approximate surface area is 116 Å². The molecule has 0 aliphatic rings. The first-order valence-electron chi connectivity index (χ1n) is 6.86. The summed E-state index contributed by atoms with van der Waals surface area (Å²) >= 11 is 0. The molecule has 0 saturated carbocycles. The van der Waals surface area contributed by atoms with E-state index in [2.05, 4.69) is 17.4 Å². The SMILES string of the molecule is CCOCCCOc1ccc(CNCCOC)cc1. The molecule has 0 bridgehead atoms. The topological polar surface area (TPSA) is 39.7 Å².